The third-order valence-corrected chi connectivity index (χ3v) is 7.10. The molecule has 0 saturated heterocycles. The molecular weight excluding hydrogens is 292 g/mol. The average Bonchev–Trinajstić information content (AvgIpc) is 2.50. The lowest BCUT2D eigenvalue weighted by Gasteiger charge is -2.55. The largest absolute Gasteiger partial charge is 0.394 e. The molecule has 2 fully saturated rings. The van der Waals surface area contributed by atoms with Gasteiger partial charge in [-0.2, -0.15) is 0 Å². The van der Waals surface area contributed by atoms with E-state index in [1.165, 1.54) is 0 Å². The average molecular weight is 320 g/mol. The highest BCUT2D eigenvalue weighted by molar-refractivity contribution is 5.99. The Morgan fingerprint density at radius 1 is 1.30 bits per heavy atom. The maximum atomic E-state index is 12.8. The van der Waals surface area contributed by atoms with Crippen LogP contribution in [0.5, 0.6) is 0 Å². The molecule has 2 saturated carbocycles. The normalized spacial score (nSPS) is 45.1. The first-order chi connectivity index (χ1) is 10.7. The molecule has 23 heavy (non-hydrogen) atoms. The van der Waals surface area contributed by atoms with Gasteiger partial charge in [-0.1, -0.05) is 26.3 Å². The van der Waals surface area contributed by atoms with Gasteiger partial charge >= 0.3 is 0 Å². The summed E-state index contributed by atoms with van der Waals surface area (Å²) >= 11 is 0. The van der Waals surface area contributed by atoms with Crippen molar-refractivity contribution in [1.29, 1.82) is 0 Å². The van der Waals surface area contributed by atoms with E-state index < -0.39 is 6.10 Å². The summed E-state index contributed by atoms with van der Waals surface area (Å²) in [7, 11) is 0. The van der Waals surface area contributed by atoms with E-state index in [0.29, 0.717) is 18.8 Å². The van der Waals surface area contributed by atoms with Crippen LogP contribution in [0.25, 0.3) is 0 Å². The van der Waals surface area contributed by atoms with Gasteiger partial charge in [0.25, 0.3) is 0 Å². The lowest BCUT2D eigenvalue weighted by atomic mass is 9.48. The lowest BCUT2D eigenvalue weighted by Crippen LogP contribution is -2.54. The van der Waals surface area contributed by atoms with Gasteiger partial charge in [0, 0.05) is 18.3 Å². The molecule has 0 aromatic rings. The topological polar surface area (TPSA) is 74.6 Å². The number of carbonyl (C=O) groups is 2. The monoisotopic (exact) mass is 320 g/mol. The zero-order valence-corrected chi connectivity index (χ0v) is 14.3. The number of aliphatic hydroxyl groups excluding tert-OH is 2. The zero-order chi connectivity index (χ0) is 17.0. The lowest BCUT2D eigenvalue weighted by molar-refractivity contribution is -0.144. The van der Waals surface area contributed by atoms with E-state index in [9.17, 15) is 19.8 Å². The molecular formula is C19H28O4. The number of hydrogen-bond donors (Lipinski definition) is 2. The molecule has 3 aliphatic rings. The van der Waals surface area contributed by atoms with E-state index in [2.05, 4.69) is 6.92 Å². The van der Waals surface area contributed by atoms with Gasteiger partial charge in [0.15, 0.2) is 5.78 Å². The van der Waals surface area contributed by atoms with E-state index in [1.807, 2.05) is 13.8 Å². The number of rotatable bonds is 2. The van der Waals surface area contributed by atoms with Gasteiger partial charge in [-0.05, 0) is 48.5 Å². The Kier molecular flexibility index (Phi) is 4.04. The fourth-order valence-electron chi connectivity index (χ4n) is 5.51. The van der Waals surface area contributed by atoms with Gasteiger partial charge in [0.2, 0.25) is 0 Å². The summed E-state index contributed by atoms with van der Waals surface area (Å²) in [5.41, 5.74) is 0.618. The van der Waals surface area contributed by atoms with Crippen LogP contribution in [-0.2, 0) is 9.59 Å². The Balaban J connectivity index is 1.96. The molecule has 0 unspecified atom stereocenters. The fourth-order valence-corrected chi connectivity index (χ4v) is 5.51. The Hall–Kier alpha value is -1.00. The molecule has 3 rings (SSSR count). The summed E-state index contributed by atoms with van der Waals surface area (Å²) in [6.45, 7) is 5.84. The number of hydrogen-bond acceptors (Lipinski definition) is 4. The summed E-state index contributed by atoms with van der Waals surface area (Å²) in [4.78, 5) is 24.8. The standard InChI is InChI=1S/C19H28O4/c1-11-14(21)5-7-19(3)13-4-6-18(2,16(23)10-20)9-12(13)8-15(22)17(11)19/h8,11,13,16-17,20,23H,4-7,9-10H2,1-3H3/t11-,13-,16-,17-,18-,19-/m1/s1. The molecule has 0 aromatic heterocycles. The van der Waals surface area contributed by atoms with E-state index in [-0.39, 0.29) is 40.8 Å². The SMILES string of the molecule is C[C@@H]1C(=O)CC[C@]2(C)[C@@H]3CC[C@@](C)([C@H](O)CO)CC3=CC(=O)[C@@H]12. The quantitative estimate of drug-likeness (QED) is 0.818. The first kappa shape index (κ1) is 16.8. The zero-order valence-electron chi connectivity index (χ0n) is 14.3. The van der Waals surface area contributed by atoms with Crippen molar-refractivity contribution in [2.45, 2.75) is 59.0 Å². The van der Waals surface area contributed by atoms with Crippen LogP contribution in [0, 0.1) is 28.6 Å². The highest BCUT2D eigenvalue weighted by Crippen LogP contribution is 2.59. The maximum absolute atomic E-state index is 12.8. The molecule has 0 aromatic carbocycles. The summed E-state index contributed by atoms with van der Waals surface area (Å²) in [6, 6.07) is 0. The molecule has 4 heteroatoms. The second kappa shape index (κ2) is 5.52. The Labute approximate surface area is 138 Å². The number of ketones is 2. The molecule has 0 radical (unpaired) electrons. The molecule has 3 aliphatic carbocycles. The molecule has 6 atom stereocenters. The minimum Gasteiger partial charge on any atom is -0.394 e. The van der Waals surface area contributed by atoms with Crippen molar-refractivity contribution in [3.63, 3.8) is 0 Å². The summed E-state index contributed by atoms with van der Waals surface area (Å²) in [5, 5.41) is 19.5. The minimum atomic E-state index is -0.753. The van der Waals surface area contributed by atoms with Crippen LogP contribution in [0.3, 0.4) is 0 Å². The molecule has 0 amide bonds. The van der Waals surface area contributed by atoms with Crippen LogP contribution in [0.15, 0.2) is 11.6 Å². The van der Waals surface area contributed by atoms with Crippen LogP contribution < -0.4 is 0 Å². The van der Waals surface area contributed by atoms with Crippen LogP contribution in [-0.4, -0.2) is 34.5 Å². The van der Waals surface area contributed by atoms with Gasteiger partial charge in [-0.15, -0.1) is 0 Å². The van der Waals surface area contributed by atoms with Crippen molar-refractivity contribution in [3.05, 3.63) is 11.6 Å². The van der Waals surface area contributed by atoms with Gasteiger partial charge in [0.1, 0.15) is 5.78 Å². The molecule has 0 heterocycles. The third kappa shape index (κ3) is 2.42. The second-order valence-corrected chi connectivity index (χ2v) is 8.48. The summed E-state index contributed by atoms with van der Waals surface area (Å²) < 4.78 is 0. The highest BCUT2D eigenvalue weighted by Gasteiger charge is 2.56. The Morgan fingerprint density at radius 3 is 2.65 bits per heavy atom. The maximum Gasteiger partial charge on any atom is 0.160 e. The molecule has 0 bridgehead atoms. The van der Waals surface area contributed by atoms with Crippen molar-refractivity contribution < 1.29 is 19.8 Å². The van der Waals surface area contributed by atoms with Crippen molar-refractivity contribution >= 4 is 11.6 Å². The summed E-state index contributed by atoms with van der Waals surface area (Å²) in [5.74, 6) is 0.246. The highest BCUT2D eigenvalue weighted by atomic mass is 16.3. The van der Waals surface area contributed by atoms with Crippen LogP contribution in [0.1, 0.15) is 52.9 Å². The first-order valence-electron chi connectivity index (χ1n) is 8.79. The predicted octanol–water partition coefficient (Wildman–Crippen LogP) is 2.28. The minimum absolute atomic E-state index is 0.0852. The molecule has 128 valence electrons. The van der Waals surface area contributed by atoms with E-state index in [1.54, 1.807) is 6.08 Å². The van der Waals surface area contributed by atoms with Crippen molar-refractivity contribution in [2.24, 2.45) is 28.6 Å². The van der Waals surface area contributed by atoms with Crippen LogP contribution in [0.2, 0.25) is 0 Å². The molecule has 2 N–H and O–H groups in total. The van der Waals surface area contributed by atoms with Crippen LogP contribution in [0.4, 0.5) is 0 Å². The van der Waals surface area contributed by atoms with Gasteiger partial charge in [-0.3, -0.25) is 9.59 Å². The Bertz CT molecular complexity index is 566. The number of carbonyl (C=O) groups excluding carboxylic acids is 2. The van der Waals surface area contributed by atoms with Gasteiger partial charge < -0.3 is 10.2 Å². The predicted molar refractivity (Wildman–Crippen MR) is 86.6 cm³/mol. The first-order valence-corrected chi connectivity index (χ1v) is 8.79. The summed E-state index contributed by atoms with van der Waals surface area (Å²) in [6.07, 6.45) is 4.78. The molecule has 0 aliphatic heterocycles. The number of allylic oxidation sites excluding steroid dienone is 2. The van der Waals surface area contributed by atoms with E-state index in [0.717, 1.165) is 24.8 Å². The molecule has 0 spiro atoms. The van der Waals surface area contributed by atoms with Crippen molar-refractivity contribution in [3.8, 4) is 0 Å². The number of Topliss-reactive ketones (excluding diaryl/α,β-unsaturated/α-hetero) is 1. The van der Waals surface area contributed by atoms with Crippen molar-refractivity contribution in [2.75, 3.05) is 6.61 Å². The smallest absolute Gasteiger partial charge is 0.160 e. The number of aliphatic hydroxyl groups is 2. The Morgan fingerprint density at radius 2 is 2.00 bits per heavy atom. The number of fused-ring (bicyclic) bond motifs is 3. The molecule has 4 nitrogen and oxygen atoms in total. The van der Waals surface area contributed by atoms with Gasteiger partial charge in [-0.25, -0.2) is 0 Å². The van der Waals surface area contributed by atoms with E-state index >= 15 is 0 Å². The van der Waals surface area contributed by atoms with Gasteiger partial charge in [0.05, 0.1) is 12.7 Å². The van der Waals surface area contributed by atoms with Crippen molar-refractivity contribution in [1.82, 2.24) is 0 Å². The fraction of sp³-hybridized carbons (Fsp3) is 0.789. The third-order valence-electron chi connectivity index (χ3n) is 7.10. The van der Waals surface area contributed by atoms with Crippen LogP contribution >= 0.6 is 0 Å². The van der Waals surface area contributed by atoms with E-state index in [4.69, 9.17) is 0 Å². The second-order valence-electron chi connectivity index (χ2n) is 8.48.